The third kappa shape index (κ3) is 10.7. The van der Waals surface area contributed by atoms with Crippen LogP contribution in [0.1, 0.15) is 19.3 Å². The Morgan fingerprint density at radius 3 is 2.62 bits per heavy atom. The Labute approximate surface area is 97.4 Å². The van der Waals surface area contributed by atoms with Crippen molar-refractivity contribution in [1.29, 1.82) is 0 Å². The summed E-state index contributed by atoms with van der Waals surface area (Å²) < 4.78 is 9.95. The molecule has 0 aliphatic rings. The van der Waals surface area contributed by atoms with Gasteiger partial charge in [-0.05, 0) is 19.3 Å². The van der Waals surface area contributed by atoms with E-state index in [1.54, 1.807) is 0 Å². The van der Waals surface area contributed by atoms with E-state index in [1.807, 2.05) is 12.2 Å². The van der Waals surface area contributed by atoms with E-state index < -0.39 is 5.97 Å². The van der Waals surface area contributed by atoms with Crippen molar-refractivity contribution in [3.05, 3.63) is 37.5 Å². The van der Waals surface area contributed by atoms with Crippen LogP contribution in [0.3, 0.4) is 0 Å². The Kier molecular flexibility index (Phi) is 10.7. The summed E-state index contributed by atoms with van der Waals surface area (Å²) in [5.41, 5.74) is 0. The van der Waals surface area contributed by atoms with E-state index in [4.69, 9.17) is 9.47 Å². The minimum atomic E-state index is -0.413. The summed E-state index contributed by atoms with van der Waals surface area (Å²) in [6.45, 7) is 8.18. The van der Waals surface area contributed by atoms with Gasteiger partial charge in [-0.1, -0.05) is 24.8 Å². The average molecular weight is 224 g/mol. The highest BCUT2D eigenvalue weighted by Crippen LogP contribution is 1.96. The first-order valence-corrected chi connectivity index (χ1v) is 5.44. The normalized spacial score (nSPS) is 10.2. The highest BCUT2D eigenvalue weighted by Gasteiger charge is 1.93. The fraction of sp³-hybridized carbons (Fsp3) is 0.462. The maximum absolute atomic E-state index is 10.6. The topological polar surface area (TPSA) is 35.5 Å². The van der Waals surface area contributed by atoms with Crippen LogP contribution >= 0.6 is 0 Å². The summed E-state index contributed by atoms with van der Waals surface area (Å²) in [6, 6.07) is 0. The largest absolute Gasteiger partial charge is 0.460 e. The molecule has 0 aromatic rings. The lowest BCUT2D eigenvalue weighted by atomic mass is 10.2. The molecule has 0 aliphatic heterocycles. The predicted molar refractivity (Wildman–Crippen MR) is 65.2 cm³/mol. The van der Waals surface area contributed by atoms with Crippen LogP contribution in [0, 0.1) is 0 Å². The van der Waals surface area contributed by atoms with E-state index in [1.165, 1.54) is 0 Å². The standard InChI is InChI=1S/C13H20O3/c1-3-5-6-7-8-9-10-15-11-12-16-13(14)4-2/h3-4,8-9H,1-2,5-7,10-12H2. The van der Waals surface area contributed by atoms with Crippen LogP contribution in [0.25, 0.3) is 0 Å². The average Bonchev–Trinajstić information content (AvgIpc) is 2.31. The van der Waals surface area contributed by atoms with Gasteiger partial charge in [0.15, 0.2) is 0 Å². The zero-order valence-corrected chi connectivity index (χ0v) is 9.69. The predicted octanol–water partition coefficient (Wildman–Crippen LogP) is 2.64. The molecule has 0 fully saturated rings. The first kappa shape index (κ1) is 14.6. The molecule has 0 N–H and O–H groups in total. The second-order valence-corrected chi connectivity index (χ2v) is 3.14. The molecule has 90 valence electrons. The second kappa shape index (κ2) is 11.7. The van der Waals surface area contributed by atoms with Gasteiger partial charge in [0, 0.05) is 6.08 Å². The van der Waals surface area contributed by atoms with Gasteiger partial charge in [-0.25, -0.2) is 4.79 Å². The molecule has 0 aromatic carbocycles. The zero-order chi connectivity index (χ0) is 12.1. The van der Waals surface area contributed by atoms with E-state index >= 15 is 0 Å². The molecule has 0 spiro atoms. The Morgan fingerprint density at radius 2 is 1.94 bits per heavy atom. The lowest BCUT2D eigenvalue weighted by molar-refractivity contribution is -0.139. The van der Waals surface area contributed by atoms with Crippen LogP contribution in [0.15, 0.2) is 37.5 Å². The van der Waals surface area contributed by atoms with Crippen molar-refractivity contribution < 1.29 is 14.3 Å². The van der Waals surface area contributed by atoms with Gasteiger partial charge in [0.2, 0.25) is 0 Å². The molecule has 3 nitrogen and oxygen atoms in total. The molecule has 0 aliphatic carbocycles. The smallest absolute Gasteiger partial charge is 0.330 e. The van der Waals surface area contributed by atoms with Crippen molar-refractivity contribution in [1.82, 2.24) is 0 Å². The summed E-state index contributed by atoms with van der Waals surface area (Å²) in [4.78, 5) is 10.6. The lowest BCUT2D eigenvalue weighted by Crippen LogP contribution is -2.08. The minimum Gasteiger partial charge on any atom is -0.460 e. The second-order valence-electron chi connectivity index (χ2n) is 3.14. The summed E-state index contributed by atoms with van der Waals surface area (Å²) >= 11 is 0. The van der Waals surface area contributed by atoms with Gasteiger partial charge >= 0.3 is 5.97 Å². The number of carbonyl (C=O) groups excluding carboxylic acids is 1. The van der Waals surface area contributed by atoms with E-state index in [9.17, 15) is 4.79 Å². The van der Waals surface area contributed by atoms with Crippen molar-refractivity contribution in [3.8, 4) is 0 Å². The molecule has 0 saturated carbocycles. The first-order valence-electron chi connectivity index (χ1n) is 5.44. The molecule has 0 radical (unpaired) electrons. The van der Waals surface area contributed by atoms with Crippen LogP contribution < -0.4 is 0 Å². The summed E-state index contributed by atoms with van der Waals surface area (Å²) in [7, 11) is 0. The van der Waals surface area contributed by atoms with E-state index in [0.717, 1.165) is 25.3 Å². The van der Waals surface area contributed by atoms with Gasteiger partial charge in [-0.2, -0.15) is 0 Å². The highest BCUT2D eigenvalue weighted by atomic mass is 16.6. The molecule has 0 atom stereocenters. The van der Waals surface area contributed by atoms with E-state index in [0.29, 0.717) is 13.2 Å². The molecule has 0 bridgehead atoms. The van der Waals surface area contributed by atoms with Gasteiger partial charge < -0.3 is 9.47 Å². The summed E-state index contributed by atoms with van der Waals surface area (Å²) in [5.74, 6) is -0.413. The lowest BCUT2D eigenvalue weighted by Gasteiger charge is -2.01. The van der Waals surface area contributed by atoms with Gasteiger partial charge in [0.1, 0.15) is 6.61 Å². The number of allylic oxidation sites excluding steroid dienone is 2. The summed E-state index contributed by atoms with van der Waals surface area (Å²) in [5, 5.41) is 0. The zero-order valence-electron chi connectivity index (χ0n) is 9.69. The van der Waals surface area contributed by atoms with Crippen LogP contribution in [0.2, 0.25) is 0 Å². The van der Waals surface area contributed by atoms with Crippen molar-refractivity contribution in [2.24, 2.45) is 0 Å². The maximum atomic E-state index is 10.6. The van der Waals surface area contributed by atoms with Crippen molar-refractivity contribution in [2.45, 2.75) is 19.3 Å². The van der Waals surface area contributed by atoms with Crippen LogP contribution in [0.4, 0.5) is 0 Å². The molecule has 0 rings (SSSR count). The number of hydrogen-bond acceptors (Lipinski definition) is 3. The van der Waals surface area contributed by atoms with Crippen LogP contribution in [-0.4, -0.2) is 25.8 Å². The molecular formula is C13H20O3. The Morgan fingerprint density at radius 1 is 1.12 bits per heavy atom. The molecule has 0 aromatic heterocycles. The fourth-order valence-corrected chi connectivity index (χ4v) is 0.977. The quantitative estimate of drug-likeness (QED) is 0.248. The molecule has 0 saturated heterocycles. The van der Waals surface area contributed by atoms with Crippen LogP contribution in [0.5, 0.6) is 0 Å². The number of rotatable bonds is 10. The number of hydrogen-bond donors (Lipinski definition) is 0. The van der Waals surface area contributed by atoms with Crippen molar-refractivity contribution in [2.75, 3.05) is 19.8 Å². The molecule has 0 amide bonds. The minimum absolute atomic E-state index is 0.273. The monoisotopic (exact) mass is 224 g/mol. The van der Waals surface area contributed by atoms with Crippen molar-refractivity contribution >= 4 is 5.97 Å². The van der Waals surface area contributed by atoms with Crippen molar-refractivity contribution in [3.63, 3.8) is 0 Å². The number of unbranched alkanes of at least 4 members (excludes halogenated alkanes) is 2. The Hall–Kier alpha value is -1.35. The summed E-state index contributed by atoms with van der Waals surface area (Å²) in [6.07, 6.45) is 10.3. The van der Waals surface area contributed by atoms with Gasteiger partial charge in [-0.15, -0.1) is 6.58 Å². The third-order valence-electron chi connectivity index (χ3n) is 1.80. The molecule has 3 heteroatoms. The molecule has 16 heavy (non-hydrogen) atoms. The van der Waals surface area contributed by atoms with E-state index in [-0.39, 0.29) is 6.61 Å². The van der Waals surface area contributed by atoms with Gasteiger partial charge in [-0.3, -0.25) is 0 Å². The molecular weight excluding hydrogens is 204 g/mol. The van der Waals surface area contributed by atoms with E-state index in [2.05, 4.69) is 19.2 Å². The first-order chi connectivity index (χ1) is 7.81. The van der Waals surface area contributed by atoms with Crippen LogP contribution in [-0.2, 0) is 14.3 Å². The maximum Gasteiger partial charge on any atom is 0.330 e. The molecule has 0 unspecified atom stereocenters. The Balaban J connectivity index is 3.17. The SMILES string of the molecule is C=CCCCC=CCOCCOC(=O)C=C. The Bertz CT molecular complexity index is 231. The third-order valence-corrected chi connectivity index (χ3v) is 1.80. The highest BCUT2D eigenvalue weighted by molar-refractivity contribution is 5.81. The number of ether oxygens (including phenoxy) is 2. The number of esters is 1. The number of carbonyl (C=O) groups is 1. The fourth-order valence-electron chi connectivity index (χ4n) is 0.977. The van der Waals surface area contributed by atoms with Gasteiger partial charge in [0.05, 0.1) is 13.2 Å². The van der Waals surface area contributed by atoms with Gasteiger partial charge in [0.25, 0.3) is 0 Å². The molecule has 0 heterocycles.